The first-order valence-corrected chi connectivity index (χ1v) is 14.9. The molecule has 2 aliphatic rings. The van der Waals surface area contributed by atoms with Crippen molar-refractivity contribution in [3.8, 4) is 0 Å². The van der Waals surface area contributed by atoms with Gasteiger partial charge >= 0.3 is 17.1 Å². The Morgan fingerprint density at radius 1 is 1.29 bits per heavy atom. The maximum atomic E-state index is 13.1. The molecular weight excluding hydrogens is 598 g/mol. The second-order valence-corrected chi connectivity index (χ2v) is 11.5. The van der Waals surface area contributed by atoms with Crippen molar-refractivity contribution >= 4 is 81.1 Å². The number of nitrogens with two attached hydrogens (primary N) is 3. The summed E-state index contributed by atoms with van der Waals surface area (Å²) >= 11 is 3.59. The van der Waals surface area contributed by atoms with Crippen LogP contribution < -0.4 is 27.1 Å². The van der Waals surface area contributed by atoms with Crippen molar-refractivity contribution < 1.29 is 38.8 Å². The Labute approximate surface area is 245 Å². The summed E-state index contributed by atoms with van der Waals surface area (Å²) in [6.07, 6.45) is -0.350. The monoisotopic (exact) mass is 624 g/mol. The molecule has 41 heavy (non-hydrogen) atoms. The second-order valence-electron chi connectivity index (χ2n) is 8.53. The number of carbonyl (C=O) groups excluding carboxylic acids is 2. The van der Waals surface area contributed by atoms with E-state index in [1.165, 1.54) is 35.0 Å². The van der Waals surface area contributed by atoms with Crippen LogP contribution in [0.5, 0.6) is 0 Å². The summed E-state index contributed by atoms with van der Waals surface area (Å²) in [5.74, 6) is -2.69. The molecule has 0 aliphatic carbocycles. The molecule has 1 saturated heterocycles. The van der Waals surface area contributed by atoms with E-state index >= 15 is 0 Å². The minimum atomic E-state index is -1.28. The number of aliphatic carboxylic acids is 2. The third-order valence-electron chi connectivity index (χ3n) is 5.83. The van der Waals surface area contributed by atoms with Gasteiger partial charge in [0.2, 0.25) is 11.6 Å². The molecule has 218 valence electrons. The van der Waals surface area contributed by atoms with E-state index in [1.54, 1.807) is 4.57 Å². The average Bonchev–Trinajstić information content (AvgIpc) is 3.34. The molecule has 16 nitrogen and oxygen atoms in total. The maximum absolute atomic E-state index is 13.1. The van der Waals surface area contributed by atoms with E-state index in [0.29, 0.717) is 23.1 Å². The van der Waals surface area contributed by atoms with Gasteiger partial charge in [0.25, 0.3) is 11.8 Å². The van der Waals surface area contributed by atoms with E-state index in [9.17, 15) is 24.3 Å². The Morgan fingerprint density at radius 3 is 2.68 bits per heavy atom. The molecule has 2 amide bonds. The molecule has 0 saturated carbocycles. The van der Waals surface area contributed by atoms with Crippen molar-refractivity contribution in [2.24, 2.45) is 5.16 Å². The van der Waals surface area contributed by atoms with Crippen LogP contribution in [0.25, 0.3) is 0 Å². The molecule has 0 bridgehead atoms. The Kier molecular flexibility index (Phi) is 9.18. The zero-order valence-corrected chi connectivity index (χ0v) is 23.9. The van der Waals surface area contributed by atoms with Crippen molar-refractivity contribution in [1.82, 2.24) is 20.2 Å². The zero-order valence-electron chi connectivity index (χ0n) is 21.5. The number of aromatic nitrogens is 3. The second kappa shape index (κ2) is 12.6. The van der Waals surface area contributed by atoms with Gasteiger partial charge in [0.05, 0.1) is 19.0 Å². The number of carboxylic acids is 2. The van der Waals surface area contributed by atoms with Crippen LogP contribution >= 0.6 is 34.9 Å². The molecule has 9 N–H and O–H groups in total. The number of rotatable bonds is 12. The number of hydrogen-bond donors (Lipinski definition) is 6. The van der Waals surface area contributed by atoms with Gasteiger partial charge in [0, 0.05) is 16.9 Å². The highest BCUT2D eigenvalue weighted by atomic mass is 32.2. The van der Waals surface area contributed by atoms with Crippen LogP contribution in [0.3, 0.4) is 0 Å². The summed E-state index contributed by atoms with van der Waals surface area (Å²) in [5.41, 5.74) is 17.6. The summed E-state index contributed by atoms with van der Waals surface area (Å²) in [7, 11) is 0. The maximum Gasteiger partial charge on any atom is 0.352 e. The number of amides is 2. The van der Waals surface area contributed by atoms with Crippen molar-refractivity contribution in [2.45, 2.75) is 36.5 Å². The number of hydrogen-bond acceptors (Lipinski definition) is 14. The van der Waals surface area contributed by atoms with Gasteiger partial charge in [-0.2, -0.15) is 0 Å². The summed E-state index contributed by atoms with van der Waals surface area (Å²) in [6, 6.07) is 0.486. The predicted octanol–water partition coefficient (Wildman–Crippen LogP) is -0.682. The van der Waals surface area contributed by atoms with Crippen LogP contribution in [-0.2, 0) is 30.6 Å². The molecule has 0 spiro atoms. The lowest BCUT2D eigenvalue weighted by Gasteiger charge is -2.49. The number of fused-ring (bicyclic) bond motifs is 1. The molecule has 4 rings (SSSR count). The number of oxime groups is 1. The van der Waals surface area contributed by atoms with Crippen molar-refractivity contribution in [2.75, 3.05) is 35.3 Å². The Hall–Kier alpha value is -4.10. The lowest BCUT2D eigenvalue weighted by atomic mass is 10.0. The molecule has 0 radical (unpaired) electrons. The largest absolute Gasteiger partial charge is 0.481 e. The fourth-order valence-electron chi connectivity index (χ4n) is 3.97. The molecular formula is C22H26N9O7S3+. The first-order valence-electron chi connectivity index (χ1n) is 11.9. The standard InChI is InChI=1S/C22H25N9O7S3/c1-2-30-12(24)5-11(23)27-22(30)41-7-9-6-39-19-15(18(35)31(19)16(9)20(36)37)28-17(34)14(10-8-40-21(25)26-10)29-38-4-3-13(32)33/h5,8,15,19H,2-4,6-7H2,1H3,(H8,23,24,25,26,28,32,33,34,36,37)/p+1/b29-14-. The van der Waals surface area contributed by atoms with E-state index in [4.69, 9.17) is 27.1 Å². The number of thiazole rings is 1. The summed E-state index contributed by atoms with van der Waals surface area (Å²) in [4.78, 5) is 63.6. The minimum Gasteiger partial charge on any atom is -0.481 e. The zero-order chi connectivity index (χ0) is 29.8. The van der Waals surface area contributed by atoms with Gasteiger partial charge in [0.15, 0.2) is 10.8 Å². The van der Waals surface area contributed by atoms with Gasteiger partial charge < -0.3 is 37.6 Å². The lowest BCUT2D eigenvalue weighted by molar-refractivity contribution is -0.719. The SMILES string of the molecule is CC[n+]1c(N)cc(N)nc1SCC1=C(C(=O)O)N2C(=O)C(NC(=O)/C(=N\OCCC(=O)O)c3csc(N)n3)C2SC1. The van der Waals surface area contributed by atoms with Gasteiger partial charge in [-0.1, -0.05) is 10.1 Å². The summed E-state index contributed by atoms with van der Waals surface area (Å²) < 4.78 is 1.74. The van der Waals surface area contributed by atoms with Crippen LogP contribution in [0.4, 0.5) is 16.8 Å². The van der Waals surface area contributed by atoms with Crippen LogP contribution in [-0.4, -0.2) is 84.1 Å². The molecule has 2 aliphatic heterocycles. The van der Waals surface area contributed by atoms with Crippen molar-refractivity contribution in [1.29, 1.82) is 0 Å². The number of carbonyl (C=O) groups is 4. The van der Waals surface area contributed by atoms with Crippen LogP contribution in [0.15, 0.2) is 33.0 Å². The number of β-lactam (4-membered cyclic amide) rings is 1. The summed E-state index contributed by atoms with van der Waals surface area (Å²) in [5, 5.41) is 26.5. The number of nitrogens with zero attached hydrogens (tertiary/aromatic N) is 5. The normalized spacial score (nSPS) is 18.5. The van der Waals surface area contributed by atoms with E-state index in [-0.39, 0.29) is 52.6 Å². The third-order valence-corrected chi connectivity index (χ3v) is 8.91. The number of anilines is 3. The van der Waals surface area contributed by atoms with Crippen LogP contribution in [0, 0.1) is 0 Å². The molecule has 4 heterocycles. The lowest BCUT2D eigenvalue weighted by Crippen LogP contribution is -2.71. The van der Waals surface area contributed by atoms with E-state index < -0.39 is 35.2 Å². The van der Waals surface area contributed by atoms with Gasteiger partial charge in [0.1, 0.15) is 29.4 Å². The van der Waals surface area contributed by atoms with Gasteiger partial charge in [-0.3, -0.25) is 19.3 Å². The van der Waals surface area contributed by atoms with Crippen molar-refractivity contribution in [3.63, 3.8) is 0 Å². The highest BCUT2D eigenvalue weighted by Gasteiger charge is 2.54. The molecule has 2 atom stereocenters. The Morgan fingerprint density at radius 2 is 2.05 bits per heavy atom. The number of carboxylic acid groups (broad SMARTS) is 2. The first-order chi connectivity index (χ1) is 19.5. The number of nitrogen functional groups attached to an aromatic ring is 3. The third kappa shape index (κ3) is 6.46. The molecule has 2 aromatic heterocycles. The van der Waals surface area contributed by atoms with E-state index in [1.807, 2.05) is 6.92 Å². The highest BCUT2D eigenvalue weighted by Crippen LogP contribution is 2.41. The molecule has 1 fully saturated rings. The van der Waals surface area contributed by atoms with E-state index in [0.717, 1.165) is 16.2 Å². The Balaban J connectivity index is 1.50. The fourth-order valence-corrected chi connectivity index (χ4v) is 7.10. The molecule has 2 aromatic rings. The predicted molar refractivity (Wildman–Crippen MR) is 151 cm³/mol. The number of nitrogens with one attached hydrogen (secondary N) is 1. The first kappa shape index (κ1) is 29.9. The highest BCUT2D eigenvalue weighted by molar-refractivity contribution is 8.01. The van der Waals surface area contributed by atoms with Gasteiger partial charge in [-0.05, 0) is 24.3 Å². The molecule has 0 aromatic carbocycles. The minimum absolute atomic E-state index is 0.0748. The van der Waals surface area contributed by atoms with Crippen LogP contribution in [0.1, 0.15) is 19.0 Å². The van der Waals surface area contributed by atoms with Gasteiger partial charge in [-0.25, -0.2) is 14.3 Å². The van der Waals surface area contributed by atoms with Crippen molar-refractivity contribution in [3.05, 3.63) is 28.4 Å². The quantitative estimate of drug-likeness (QED) is 0.0325. The average molecular weight is 625 g/mol. The van der Waals surface area contributed by atoms with E-state index in [2.05, 4.69) is 20.4 Å². The molecule has 19 heteroatoms. The number of thioether (sulfide) groups is 2. The van der Waals surface area contributed by atoms with Crippen LogP contribution in [0.2, 0.25) is 0 Å². The fraction of sp³-hybridized carbons (Fsp3) is 0.364. The Bertz CT molecular complexity index is 1460. The topological polar surface area (TPSA) is 253 Å². The summed E-state index contributed by atoms with van der Waals surface area (Å²) in [6.45, 7) is 2.11. The van der Waals surface area contributed by atoms with Gasteiger partial charge in [-0.15, -0.1) is 23.1 Å². The smallest absolute Gasteiger partial charge is 0.352 e. The molecule has 2 unspecified atom stereocenters.